The van der Waals surface area contributed by atoms with Gasteiger partial charge in [-0.15, -0.1) is 6.42 Å². The maximum absolute atomic E-state index is 11.9. The Hall–Kier alpha value is -1.69. The normalized spacial score (nSPS) is 16.4. The zero-order chi connectivity index (χ0) is 12.8. The molecule has 0 amide bonds. The van der Waals surface area contributed by atoms with Crippen LogP contribution in [-0.2, 0) is 17.2 Å². The minimum absolute atomic E-state index is 0.236. The summed E-state index contributed by atoms with van der Waals surface area (Å²) in [4.78, 5) is 11.9. The average molecular weight is 231 g/mol. The van der Waals surface area contributed by atoms with Gasteiger partial charge in [0.25, 0.3) is 0 Å². The summed E-state index contributed by atoms with van der Waals surface area (Å²) in [6.07, 6.45) is 7.54. The summed E-state index contributed by atoms with van der Waals surface area (Å²) >= 11 is 0. The molecule has 1 aliphatic carbocycles. The molecule has 0 saturated heterocycles. The third-order valence-corrected chi connectivity index (χ3v) is 3.87. The minimum atomic E-state index is -0.289. The summed E-state index contributed by atoms with van der Waals surface area (Å²) < 4.78 is 6.89. The Bertz CT molecular complexity index is 527. The molecule has 1 saturated carbocycles. The maximum Gasteiger partial charge on any atom is 0.340 e. The Morgan fingerprint density at radius 1 is 1.41 bits per heavy atom. The van der Waals surface area contributed by atoms with Crippen LogP contribution in [0.4, 0.5) is 0 Å². The fraction of sp³-hybridized carbons (Fsp3) is 0.500. The Morgan fingerprint density at radius 2 is 2.00 bits per heavy atom. The molecule has 0 atom stereocenters. The lowest BCUT2D eigenvalue weighted by molar-refractivity contribution is 0.0598. The van der Waals surface area contributed by atoms with Crippen LogP contribution in [-0.4, -0.2) is 17.6 Å². The smallest absolute Gasteiger partial charge is 0.340 e. The fourth-order valence-corrected chi connectivity index (χ4v) is 2.48. The summed E-state index contributed by atoms with van der Waals surface area (Å²) in [7, 11) is 3.36. The minimum Gasteiger partial charge on any atom is -0.465 e. The van der Waals surface area contributed by atoms with E-state index in [1.807, 2.05) is 25.5 Å². The molecule has 1 aliphatic rings. The van der Waals surface area contributed by atoms with Crippen molar-refractivity contribution < 1.29 is 9.53 Å². The van der Waals surface area contributed by atoms with Crippen LogP contribution in [0.5, 0.6) is 0 Å². The van der Waals surface area contributed by atoms with Crippen molar-refractivity contribution in [3.63, 3.8) is 0 Å². The van der Waals surface area contributed by atoms with Crippen molar-refractivity contribution in [1.29, 1.82) is 0 Å². The molecule has 0 radical (unpaired) electrons. The van der Waals surface area contributed by atoms with Gasteiger partial charge in [0.15, 0.2) is 0 Å². The van der Waals surface area contributed by atoms with E-state index in [9.17, 15) is 4.79 Å². The molecule has 0 N–H and O–H groups in total. The van der Waals surface area contributed by atoms with Crippen LogP contribution in [0.25, 0.3) is 0 Å². The first-order chi connectivity index (χ1) is 7.98. The van der Waals surface area contributed by atoms with Gasteiger partial charge in [-0.3, -0.25) is 0 Å². The standard InChI is InChI=1S/C14H17NO2/c1-6-14(7-8-14)12-10(3)15(4)9(2)11(12)13(16)17-5/h1H,7-8H2,2-5H3. The van der Waals surface area contributed by atoms with Crippen LogP contribution in [0, 0.1) is 26.2 Å². The topological polar surface area (TPSA) is 31.2 Å². The Balaban J connectivity index is 2.70. The van der Waals surface area contributed by atoms with Crippen molar-refractivity contribution in [2.24, 2.45) is 7.05 Å². The average Bonchev–Trinajstić information content (AvgIpc) is 3.09. The number of rotatable bonds is 2. The molecule has 0 unspecified atom stereocenters. The highest BCUT2D eigenvalue weighted by Gasteiger charge is 2.47. The van der Waals surface area contributed by atoms with Gasteiger partial charge in [-0.1, -0.05) is 5.92 Å². The van der Waals surface area contributed by atoms with E-state index in [0.717, 1.165) is 29.8 Å². The number of carbonyl (C=O) groups is 1. The third-order valence-electron chi connectivity index (χ3n) is 3.87. The second kappa shape index (κ2) is 3.66. The first-order valence-corrected chi connectivity index (χ1v) is 5.71. The lowest BCUT2D eigenvalue weighted by atomic mass is 9.92. The molecule has 17 heavy (non-hydrogen) atoms. The van der Waals surface area contributed by atoms with E-state index in [1.54, 1.807) is 0 Å². The zero-order valence-electron chi connectivity index (χ0n) is 10.8. The fourth-order valence-electron chi connectivity index (χ4n) is 2.48. The van der Waals surface area contributed by atoms with Gasteiger partial charge in [-0.2, -0.15) is 0 Å². The Labute approximate surface area is 102 Å². The van der Waals surface area contributed by atoms with Crippen molar-refractivity contribution in [2.75, 3.05) is 7.11 Å². The summed E-state index contributed by atoms with van der Waals surface area (Å²) in [5, 5.41) is 0. The van der Waals surface area contributed by atoms with Crippen LogP contribution < -0.4 is 0 Å². The molecule has 0 bridgehead atoms. The van der Waals surface area contributed by atoms with Gasteiger partial charge in [-0.25, -0.2) is 4.79 Å². The van der Waals surface area contributed by atoms with Gasteiger partial charge >= 0.3 is 5.97 Å². The van der Waals surface area contributed by atoms with Crippen LogP contribution >= 0.6 is 0 Å². The Kier molecular flexibility index (Phi) is 2.54. The number of terminal acetylenes is 1. The number of methoxy groups -OCH3 is 1. The van der Waals surface area contributed by atoms with Gasteiger partial charge in [0.2, 0.25) is 0 Å². The van der Waals surface area contributed by atoms with Crippen LogP contribution in [0.2, 0.25) is 0 Å². The van der Waals surface area contributed by atoms with E-state index in [1.165, 1.54) is 7.11 Å². The van der Waals surface area contributed by atoms with Gasteiger partial charge in [0.1, 0.15) is 0 Å². The largest absolute Gasteiger partial charge is 0.465 e. The number of nitrogens with zero attached hydrogens (tertiary/aromatic N) is 1. The highest BCUT2D eigenvalue weighted by molar-refractivity contribution is 5.94. The molecule has 1 aromatic rings. The lowest BCUT2D eigenvalue weighted by Gasteiger charge is -2.10. The van der Waals surface area contributed by atoms with E-state index in [4.69, 9.17) is 11.2 Å². The van der Waals surface area contributed by atoms with E-state index in [2.05, 4.69) is 5.92 Å². The number of aromatic nitrogens is 1. The van der Waals surface area contributed by atoms with E-state index < -0.39 is 0 Å². The molecular formula is C14H17NO2. The Morgan fingerprint density at radius 3 is 2.41 bits per heavy atom. The van der Waals surface area contributed by atoms with E-state index >= 15 is 0 Å². The molecule has 0 aromatic carbocycles. The number of hydrogen-bond acceptors (Lipinski definition) is 2. The van der Waals surface area contributed by atoms with Gasteiger partial charge < -0.3 is 9.30 Å². The first kappa shape index (κ1) is 11.8. The third kappa shape index (κ3) is 1.48. The summed E-state index contributed by atoms with van der Waals surface area (Å²) in [6.45, 7) is 3.93. The molecule has 2 rings (SSSR count). The second-order valence-corrected chi connectivity index (χ2v) is 4.70. The predicted molar refractivity (Wildman–Crippen MR) is 66.0 cm³/mol. The molecule has 1 aromatic heterocycles. The number of esters is 1. The maximum atomic E-state index is 11.9. The second-order valence-electron chi connectivity index (χ2n) is 4.70. The van der Waals surface area contributed by atoms with E-state index in [-0.39, 0.29) is 11.4 Å². The molecule has 0 spiro atoms. The SMILES string of the molecule is C#CC1(c2c(C(=O)OC)c(C)n(C)c2C)CC1. The van der Waals surface area contributed by atoms with Crippen LogP contribution in [0.3, 0.4) is 0 Å². The molecule has 1 fully saturated rings. The zero-order valence-corrected chi connectivity index (χ0v) is 10.8. The van der Waals surface area contributed by atoms with Crippen LogP contribution in [0.1, 0.15) is 40.2 Å². The highest BCUT2D eigenvalue weighted by atomic mass is 16.5. The molecule has 90 valence electrons. The number of ether oxygens (including phenoxy) is 1. The van der Waals surface area contributed by atoms with E-state index in [0.29, 0.717) is 5.56 Å². The van der Waals surface area contributed by atoms with Gasteiger partial charge in [0.05, 0.1) is 18.1 Å². The summed E-state index contributed by atoms with van der Waals surface area (Å²) in [5.74, 6) is 2.56. The monoisotopic (exact) mass is 231 g/mol. The number of hydrogen-bond donors (Lipinski definition) is 0. The summed E-state index contributed by atoms with van der Waals surface area (Å²) in [5.41, 5.74) is 3.40. The lowest BCUT2D eigenvalue weighted by Crippen LogP contribution is -2.12. The van der Waals surface area contributed by atoms with Crippen molar-refractivity contribution in [2.45, 2.75) is 32.1 Å². The molecule has 1 heterocycles. The number of carbonyl (C=O) groups excluding carboxylic acids is 1. The molecule has 0 aliphatic heterocycles. The van der Waals surface area contributed by atoms with Crippen molar-refractivity contribution in [1.82, 2.24) is 4.57 Å². The van der Waals surface area contributed by atoms with Gasteiger partial charge in [0, 0.05) is 24.0 Å². The predicted octanol–water partition coefficient (Wildman–Crippen LogP) is 2.09. The molecular weight excluding hydrogens is 214 g/mol. The highest BCUT2D eigenvalue weighted by Crippen LogP contribution is 2.51. The summed E-state index contributed by atoms with van der Waals surface area (Å²) in [6, 6.07) is 0. The van der Waals surface area contributed by atoms with Crippen molar-refractivity contribution >= 4 is 5.97 Å². The van der Waals surface area contributed by atoms with Crippen molar-refractivity contribution in [3.05, 3.63) is 22.5 Å². The first-order valence-electron chi connectivity index (χ1n) is 5.71. The van der Waals surface area contributed by atoms with Gasteiger partial charge in [-0.05, 0) is 26.7 Å². The molecule has 3 nitrogen and oxygen atoms in total. The quantitative estimate of drug-likeness (QED) is 0.576. The van der Waals surface area contributed by atoms with Crippen LogP contribution in [0.15, 0.2) is 0 Å². The molecule has 3 heteroatoms. The van der Waals surface area contributed by atoms with Crippen molar-refractivity contribution in [3.8, 4) is 12.3 Å².